The molecule has 6 heteroatoms. The summed E-state index contributed by atoms with van der Waals surface area (Å²) in [6.07, 6.45) is 6.17. The summed E-state index contributed by atoms with van der Waals surface area (Å²) < 4.78 is 1.98. The van der Waals surface area contributed by atoms with Crippen LogP contribution in [0.3, 0.4) is 0 Å². The number of imidazole rings is 1. The molecule has 3 rings (SSSR count). The zero-order valence-corrected chi connectivity index (χ0v) is 12.6. The van der Waals surface area contributed by atoms with Crippen molar-refractivity contribution < 1.29 is 9.90 Å². The number of likely N-dealkylation sites (tertiary alicyclic amines) is 1. The van der Waals surface area contributed by atoms with Crippen LogP contribution in [0.25, 0.3) is 5.65 Å². The molecule has 0 aromatic carbocycles. The standard InChI is InChI=1S/C16H22N4O2/c21-14-4-3-8-19(11-14)12-16(22)17-7-6-13-10-20-9-2-1-5-15(20)18-13/h1-2,5,9-10,14,21H,3-4,6-8,11-12H2,(H,17,22)/t14-/m1/s1. The Balaban J connectivity index is 1.43. The van der Waals surface area contributed by atoms with E-state index < -0.39 is 0 Å². The maximum atomic E-state index is 11.9. The zero-order chi connectivity index (χ0) is 15.4. The lowest BCUT2D eigenvalue weighted by Gasteiger charge is -2.29. The molecule has 1 atom stereocenters. The Morgan fingerprint density at radius 2 is 2.36 bits per heavy atom. The van der Waals surface area contributed by atoms with E-state index in [0.29, 0.717) is 19.6 Å². The first-order chi connectivity index (χ1) is 10.7. The molecule has 1 aliphatic rings. The predicted octanol–water partition coefficient (Wildman–Crippen LogP) is 0.450. The Hall–Kier alpha value is -1.92. The van der Waals surface area contributed by atoms with Gasteiger partial charge in [-0.2, -0.15) is 0 Å². The van der Waals surface area contributed by atoms with Gasteiger partial charge in [0.1, 0.15) is 5.65 Å². The second-order valence-electron chi connectivity index (χ2n) is 5.83. The second kappa shape index (κ2) is 6.89. The van der Waals surface area contributed by atoms with Gasteiger partial charge in [-0.25, -0.2) is 4.98 Å². The zero-order valence-electron chi connectivity index (χ0n) is 12.6. The molecule has 0 radical (unpaired) electrons. The Bertz CT molecular complexity index is 607. The number of aliphatic hydroxyl groups is 1. The maximum absolute atomic E-state index is 11.9. The van der Waals surface area contributed by atoms with Crippen molar-refractivity contribution in [1.29, 1.82) is 0 Å². The van der Waals surface area contributed by atoms with E-state index in [4.69, 9.17) is 0 Å². The Morgan fingerprint density at radius 1 is 1.45 bits per heavy atom. The molecule has 0 spiro atoms. The highest BCUT2D eigenvalue weighted by Crippen LogP contribution is 2.09. The van der Waals surface area contributed by atoms with Gasteiger partial charge in [0.25, 0.3) is 0 Å². The molecule has 0 bridgehead atoms. The lowest BCUT2D eigenvalue weighted by molar-refractivity contribution is -0.122. The molecule has 0 unspecified atom stereocenters. The lowest BCUT2D eigenvalue weighted by atomic mass is 10.1. The molecule has 1 saturated heterocycles. The highest BCUT2D eigenvalue weighted by molar-refractivity contribution is 5.78. The average Bonchev–Trinajstić information content (AvgIpc) is 2.90. The van der Waals surface area contributed by atoms with Crippen LogP contribution in [0.15, 0.2) is 30.6 Å². The summed E-state index contributed by atoms with van der Waals surface area (Å²) in [5.74, 6) is 0.0119. The number of pyridine rings is 1. The van der Waals surface area contributed by atoms with Crippen molar-refractivity contribution in [3.05, 3.63) is 36.3 Å². The van der Waals surface area contributed by atoms with E-state index in [0.717, 1.165) is 37.1 Å². The Labute approximate surface area is 129 Å². The number of fused-ring (bicyclic) bond motifs is 1. The number of nitrogens with zero attached hydrogens (tertiary/aromatic N) is 3. The summed E-state index contributed by atoms with van der Waals surface area (Å²) in [5.41, 5.74) is 1.89. The molecule has 118 valence electrons. The van der Waals surface area contributed by atoms with Crippen LogP contribution in [0.4, 0.5) is 0 Å². The maximum Gasteiger partial charge on any atom is 0.234 e. The molecule has 0 aliphatic carbocycles. The summed E-state index contributed by atoms with van der Waals surface area (Å²) in [4.78, 5) is 18.4. The van der Waals surface area contributed by atoms with Crippen LogP contribution in [-0.2, 0) is 11.2 Å². The summed E-state index contributed by atoms with van der Waals surface area (Å²) in [5, 5.41) is 12.5. The van der Waals surface area contributed by atoms with Gasteiger partial charge in [0.15, 0.2) is 0 Å². The molecule has 1 aliphatic heterocycles. The first-order valence-electron chi connectivity index (χ1n) is 7.80. The number of nitrogens with one attached hydrogen (secondary N) is 1. The van der Waals surface area contributed by atoms with Gasteiger partial charge >= 0.3 is 0 Å². The molecule has 3 heterocycles. The van der Waals surface area contributed by atoms with Crippen LogP contribution < -0.4 is 5.32 Å². The molecule has 2 aromatic rings. The molecule has 2 aromatic heterocycles. The molecule has 1 amide bonds. The number of rotatable bonds is 5. The number of β-amino-alcohol motifs (C(OH)–C–C–N with tert-alkyl or cyclic N) is 1. The van der Waals surface area contributed by atoms with Crippen LogP contribution in [0.5, 0.6) is 0 Å². The average molecular weight is 302 g/mol. The first-order valence-corrected chi connectivity index (χ1v) is 7.80. The highest BCUT2D eigenvalue weighted by atomic mass is 16.3. The number of piperidine rings is 1. The normalized spacial score (nSPS) is 19.4. The fourth-order valence-electron chi connectivity index (χ4n) is 2.87. The number of hydrogen-bond donors (Lipinski definition) is 2. The number of hydrogen-bond acceptors (Lipinski definition) is 4. The van der Waals surface area contributed by atoms with E-state index >= 15 is 0 Å². The fourth-order valence-corrected chi connectivity index (χ4v) is 2.87. The van der Waals surface area contributed by atoms with Gasteiger partial charge < -0.3 is 14.8 Å². The van der Waals surface area contributed by atoms with Gasteiger partial charge in [-0.15, -0.1) is 0 Å². The summed E-state index contributed by atoms with van der Waals surface area (Å²) >= 11 is 0. The van der Waals surface area contributed by atoms with E-state index in [2.05, 4.69) is 10.3 Å². The molecule has 6 nitrogen and oxygen atoms in total. The van der Waals surface area contributed by atoms with Gasteiger partial charge in [-0.1, -0.05) is 6.07 Å². The van der Waals surface area contributed by atoms with E-state index in [1.165, 1.54) is 0 Å². The quantitative estimate of drug-likeness (QED) is 0.841. The Morgan fingerprint density at radius 3 is 3.18 bits per heavy atom. The van der Waals surface area contributed by atoms with E-state index in [-0.39, 0.29) is 12.0 Å². The minimum Gasteiger partial charge on any atom is -0.392 e. The van der Waals surface area contributed by atoms with Crippen molar-refractivity contribution in [2.75, 3.05) is 26.2 Å². The van der Waals surface area contributed by atoms with Crippen molar-refractivity contribution in [3.8, 4) is 0 Å². The fraction of sp³-hybridized carbons (Fsp3) is 0.500. The van der Waals surface area contributed by atoms with Crippen LogP contribution in [-0.4, -0.2) is 57.6 Å². The molecular formula is C16H22N4O2. The van der Waals surface area contributed by atoms with Crippen molar-refractivity contribution in [2.45, 2.75) is 25.4 Å². The highest BCUT2D eigenvalue weighted by Gasteiger charge is 2.19. The molecule has 2 N–H and O–H groups in total. The van der Waals surface area contributed by atoms with Crippen molar-refractivity contribution in [3.63, 3.8) is 0 Å². The van der Waals surface area contributed by atoms with Gasteiger partial charge in [0.05, 0.1) is 18.3 Å². The van der Waals surface area contributed by atoms with Crippen LogP contribution in [0, 0.1) is 0 Å². The number of aliphatic hydroxyl groups excluding tert-OH is 1. The minimum absolute atomic E-state index is 0.0119. The number of carbonyl (C=O) groups is 1. The van der Waals surface area contributed by atoms with Gasteiger partial charge in [0.2, 0.25) is 5.91 Å². The Kier molecular flexibility index (Phi) is 4.70. The van der Waals surface area contributed by atoms with Crippen LogP contribution in [0.2, 0.25) is 0 Å². The lowest BCUT2D eigenvalue weighted by Crippen LogP contribution is -2.44. The third-order valence-corrected chi connectivity index (χ3v) is 3.97. The first kappa shape index (κ1) is 15.0. The monoisotopic (exact) mass is 302 g/mol. The number of aromatic nitrogens is 2. The molecular weight excluding hydrogens is 280 g/mol. The summed E-state index contributed by atoms with van der Waals surface area (Å²) in [6.45, 7) is 2.43. The number of amides is 1. The summed E-state index contributed by atoms with van der Waals surface area (Å²) in [6, 6.07) is 5.89. The van der Waals surface area contributed by atoms with Gasteiger partial charge in [0, 0.05) is 31.9 Å². The van der Waals surface area contributed by atoms with Crippen molar-refractivity contribution >= 4 is 11.6 Å². The SMILES string of the molecule is O=C(CN1CCC[C@@H](O)C1)NCCc1cn2ccccc2n1. The topological polar surface area (TPSA) is 69.9 Å². The smallest absolute Gasteiger partial charge is 0.234 e. The number of carbonyl (C=O) groups excluding carboxylic acids is 1. The van der Waals surface area contributed by atoms with Gasteiger partial charge in [-0.3, -0.25) is 9.69 Å². The van der Waals surface area contributed by atoms with E-state index in [1.54, 1.807) is 0 Å². The minimum atomic E-state index is -0.292. The van der Waals surface area contributed by atoms with Crippen molar-refractivity contribution in [1.82, 2.24) is 19.6 Å². The second-order valence-corrected chi connectivity index (χ2v) is 5.83. The molecule has 0 saturated carbocycles. The van der Waals surface area contributed by atoms with Gasteiger partial charge in [-0.05, 0) is 31.5 Å². The summed E-state index contributed by atoms with van der Waals surface area (Å²) in [7, 11) is 0. The largest absolute Gasteiger partial charge is 0.392 e. The van der Waals surface area contributed by atoms with Crippen LogP contribution in [0.1, 0.15) is 18.5 Å². The van der Waals surface area contributed by atoms with E-state index in [1.807, 2.05) is 39.9 Å². The molecule has 22 heavy (non-hydrogen) atoms. The third-order valence-electron chi connectivity index (χ3n) is 3.97. The van der Waals surface area contributed by atoms with E-state index in [9.17, 15) is 9.90 Å². The third kappa shape index (κ3) is 3.84. The predicted molar refractivity (Wildman–Crippen MR) is 83.6 cm³/mol. The van der Waals surface area contributed by atoms with Crippen LogP contribution >= 0.6 is 0 Å². The molecule has 1 fully saturated rings. The van der Waals surface area contributed by atoms with Crippen molar-refractivity contribution in [2.24, 2.45) is 0 Å².